The fourth-order valence-corrected chi connectivity index (χ4v) is 4.32. The van der Waals surface area contributed by atoms with Gasteiger partial charge in [0.2, 0.25) is 0 Å². The fourth-order valence-electron chi connectivity index (χ4n) is 3.34. The first-order chi connectivity index (χ1) is 10.0. The van der Waals surface area contributed by atoms with E-state index in [1.165, 1.54) is 16.5 Å². The van der Waals surface area contributed by atoms with Crippen molar-refractivity contribution in [3.05, 3.63) is 55.1 Å². The number of carboxylic acid groups (broad SMARTS) is 1. The van der Waals surface area contributed by atoms with Gasteiger partial charge in [-0.05, 0) is 55.7 Å². The summed E-state index contributed by atoms with van der Waals surface area (Å²) >= 11 is 1.72. The van der Waals surface area contributed by atoms with E-state index in [2.05, 4.69) is 11.4 Å². The van der Waals surface area contributed by atoms with Crippen molar-refractivity contribution in [2.24, 2.45) is 0 Å². The third kappa shape index (κ3) is 2.21. The van der Waals surface area contributed by atoms with Crippen molar-refractivity contribution in [1.29, 1.82) is 0 Å². The largest absolute Gasteiger partial charge is 0.478 e. The lowest BCUT2D eigenvalue weighted by atomic mass is 9.92. The van der Waals surface area contributed by atoms with Crippen LogP contribution in [0, 0.1) is 13.8 Å². The van der Waals surface area contributed by atoms with Crippen molar-refractivity contribution >= 4 is 17.3 Å². The Kier molecular flexibility index (Phi) is 3.45. The lowest BCUT2D eigenvalue weighted by molar-refractivity contribution is 0.0694. The van der Waals surface area contributed by atoms with Crippen LogP contribution in [0.4, 0.5) is 0 Å². The number of nitrogens with zero attached hydrogens (tertiary/aromatic N) is 1. The molecule has 0 bridgehead atoms. The Morgan fingerprint density at radius 1 is 1.43 bits per heavy atom. The van der Waals surface area contributed by atoms with Gasteiger partial charge in [-0.3, -0.25) is 4.79 Å². The maximum absolute atomic E-state index is 12.4. The number of hydrogen-bond donors (Lipinski definition) is 1. The Bertz CT molecular complexity index is 772. The number of pyridine rings is 1. The summed E-state index contributed by atoms with van der Waals surface area (Å²) in [6.45, 7) is 3.41. The van der Waals surface area contributed by atoms with E-state index in [1.54, 1.807) is 29.8 Å². The predicted molar refractivity (Wildman–Crippen MR) is 82.5 cm³/mol. The monoisotopic (exact) mass is 303 g/mol. The molecule has 2 aromatic heterocycles. The van der Waals surface area contributed by atoms with Crippen LogP contribution < -0.4 is 5.56 Å². The van der Waals surface area contributed by atoms with Crippen LogP contribution in [0.15, 0.2) is 22.3 Å². The molecule has 0 radical (unpaired) electrons. The zero-order valence-electron chi connectivity index (χ0n) is 12.0. The van der Waals surface area contributed by atoms with Crippen molar-refractivity contribution in [1.82, 2.24) is 4.57 Å². The van der Waals surface area contributed by atoms with Crippen LogP contribution >= 0.6 is 11.3 Å². The molecule has 0 amide bonds. The third-order valence-electron chi connectivity index (χ3n) is 4.24. The number of aromatic nitrogens is 1. The van der Waals surface area contributed by atoms with Crippen molar-refractivity contribution in [2.75, 3.05) is 0 Å². The molecule has 4 nitrogen and oxygen atoms in total. The lowest BCUT2D eigenvalue weighted by Gasteiger charge is -2.27. The van der Waals surface area contributed by atoms with E-state index in [0.29, 0.717) is 11.3 Å². The molecule has 3 rings (SSSR count). The molecule has 0 fully saturated rings. The van der Waals surface area contributed by atoms with E-state index in [4.69, 9.17) is 0 Å². The highest BCUT2D eigenvalue weighted by Gasteiger charge is 2.26. The second kappa shape index (κ2) is 5.15. The molecule has 0 aromatic carbocycles. The molecular weight excluding hydrogens is 286 g/mol. The molecule has 21 heavy (non-hydrogen) atoms. The first-order valence-electron chi connectivity index (χ1n) is 7.03. The minimum absolute atomic E-state index is 0.0359. The highest BCUT2D eigenvalue weighted by molar-refractivity contribution is 7.10. The second-order valence-corrected chi connectivity index (χ2v) is 6.51. The first kappa shape index (κ1) is 14.1. The summed E-state index contributed by atoms with van der Waals surface area (Å²) in [5.41, 5.74) is 2.40. The van der Waals surface area contributed by atoms with Gasteiger partial charge in [-0.1, -0.05) is 0 Å². The minimum atomic E-state index is -0.972. The molecule has 1 N–H and O–H groups in total. The molecule has 0 spiro atoms. The van der Waals surface area contributed by atoms with E-state index in [-0.39, 0.29) is 17.2 Å². The van der Waals surface area contributed by atoms with E-state index in [1.807, 2.05) is 0 Å². The third-order valence-corrected chi connectivity index (χ3v) is 5.24. The molecule has 0 saturated carbocycles. The molecule has 1 atom stereocenters. The number of fused-ring (bicyclic) bond motifs is 1. The van der Waals surface area contributed by atoms with Crippen molar-refractivity contribution in [3.63, 3.8) is 0 Å². The van der Waals surface area contributed by atoms with E-state index < -0.39 is 5.97 Å². The highest BCUT2D eigenvalue weighted by atomic mass is 32.1. The topological polar surface area (TPSA) is 59.3 Å². The maximum Gasteiger partial charge on any atom is 0.337 e. The van der Waals surface area contributed by atoms with Gasteiger partial charge in [-0.2, -0.15) is 0 Å². The average Bonchev–Trinajstić information content (AvgIpc) is 2.86. The number of aromatic carboxylic acids is 1. The molecule has 110 valence electrons. The molecule has 1 unspecified atom stereocenters. The van der Waals surface area contributed by atoms with Crippen molar-refractivity contribution < 1.29 is 9.90 Å². The van der Waals surface area contributed by atoms with Crippen LogP contribution in [0.25, 0.3) is 0 Å². The number of thiophene rings is 1. The van der Waals surface area contributed by atoms with Gasteiger partial charge < -0.3 is 9.67 Å². The van der Waals surface area contributed by atoms with Crippen LogP contribution in [-0.2, 0) is 6.42 Å². The van der Waals surface area contributed by atoms with Crippen LogP contribution in [0.5, 0.6) is 0 Å². The number of aryl methyl sites for hydroxylation is 2. The fraction of sp³-hybridized carbons (Fsp3) is 0.375. The van der Waals surface area contributed by atoms with Gasteiger partial charge in [0.25, 0.3) is 5.56 Å². The summed E-state index contributed by atoms with van der Waals surface area (Å²) in [6.07, 6.45) is 2.96. The molecule has 1 aliphatic rings. The normalized spacial score (nSPS) is 17.5. The van der Waals surface area contributed by atoms with Crippen LogP contribution in [0.3, 0.4) is 0 Å². The van der Waals surface area contributed by atoms with Crippen LogP contribution in [-0.4, -0.2) is 15.6 Å². The summed E-state index contributed by atoms with van der Waals surface area (Å²) in [5.74, 6) is -0.972. The van der Waals surface area contributed by atoms with Crippen molar-refractivity contribution in [3.8, 4) is 0 Å². The molecule has 5 heteroatoms. The summed E-state index contributed by atoms with van der Waals surface area (Å²) in [4.78, 5) is 25.2. The zero-order chi connectivity index (χ0) is 15.1. The minimum Gasteiger partial charge on any atom is -0.478 e. The number of hydrogen-bond acceptors (Lipinski definition) is 3. The average molecular weight is 303 g/mol. The van der Waals surface area contributed by atoms with Gasteiger partial charge in [-0.25, -0.2) is 4.79 Å². The van der Waals surface area contributed by atoms with Crippen LogP contribution in [0.1, 0.15) is 50.9 Å². The summed E-state index contributed by atoms with van der Waals surface area (Å²) < 4.78 is 1.67. The van der Waals surface area contributed by atoms with Gasteiger partial charge in [0.05, 0.1) is 11.6 Å². The Hall–Kier alpha value is -1.88. The highest BCUT2D eigenvalue weighted by Crippen LogP contribution is 2.36. The maximum atomic E-state index is 12.4. The summed E-state index contributed by atoms with van der Waals surface area (Å²) in [6, 6.07) is 3.47. The second-order valence-electron chi connectivity index (χ2n) is 5.51. The van der Waals surface area contributed by atoms with Gasteiger partial charge in [0, 0.05) is 16.6 Å². The molecular formula is C16H17NO3S. The quantitative estimate of drug-likeness (QED) is 0.927. The molecule has 2 aromatic rings. The van der Waals surface area contributed by atoms with Gasteiger partial charge in [-0.15, -0.1) is 11.3 Å². The zero-order valence-corrected chi connectivity index (χ0v) is 12.9. The smallest absolute Gasteiger partial charge is 0.337 e. The van der Waals surface area contributed by atoms with Crippen molar-refractivity contribution in [2.45, 2.75) is 39.2 Å². The van der Waals surface area contributed by atoms with Gasteiger partial charge in [0.15, 0.2) is 0 Å². The number of carboxylic acids is 1. The van der Waals surface area contributed by atoms with Crippen LogP contribution in [0.2, 0.25) is 0 Å². The first-order valence-corrected chi connectivity index (χ1v) is 7.91. The summed E-state index contributed by atoms with van der Waals surface area (Å²) in [7, 11) is 0. The Morgan fingerprint density at radius 2 is 2.19 bits per heavy atom. The standard InChI is InChI=1S/C16H17NO3S/c1-9-8-14(18)17(10(2)15(9)16(19)20)12-4-3-5-13-11(12)6-7-21-13/h6-8,12H,3-5H2,1-2H3,(H,19,20). The number of rotatable bonds is 2. The Balaban J connectivity index is 2.24. The van der Waals surface area contributed by atoms with E-state index >= 15 is 0 Å². The Labute approximate surface area is 126 Å². The molecule has 0 saturated heterocycles. The van der Waals surface area contributed by atoms with Gasteiger partial charge >= 0.3 is 5.97 Å². The van der Waals surface area contributed by atoms with Gasteiger partial charge in [0.1, 0.15) is 0 Å². The predicted octanol–water partition coefficient (Wildman–Crippen LogP) is 3.15. The number of carbonyl (C=O) groups is 1. The SMILES string of the molecule is Cc1cc(=O)n(C2CCCc3sccc32)c(C)c1C(=O)O. The molecule has 2 heterocycles. The Morgan fingerprint density at radius 3 is 2.90 bits per heavy atom. The lowest BCUT2D eigenvalue weighted by Crippen LogP contribution is -2.31. The van der Waals surface area contributed by atoms with E-state index in [0.717, 1.165) is 19.3 Å². The van der Waals surface area contributed by atoms with E-state index in [9.17, 15) is 14.7 Å². The molecule has 0 aliphatic heterocycles. The summed E-state index contributed by atoms with van der Waals surface area (Å²) in [5, 5.41) is 11.5. The molecule has 1 aliphatic carbocycles.